The van der Waals surface area contributed by atoms with E-state index < -0.39 is 60.3 Å². The maximum Gasteiger partial charge on any atom is 0.433 e. The summed E-state index contributed by atoms with van der Waals surface area (Å²) in [6.07, 6.45) is -18.1. The molecule has 1 aromatic heterocycles. The van der Waals surface area contributed by atoms with E-state index in [2.05, 4.69) is 25.9 Å². The van der Waals surface area contributed by atoms with Gasteiger partial charge < -0.3 is 5.73 Å². The van der Waals surface area contributed by atoms with Crippen LogP contribution in [0.4, 0.5) is 39.5 Å². The van der Waals surface area contributed by atoms with Crippen LogP contribution in [-0.2, 0) is 24.6 Å². The van der Waals surface area contributed by atoms with Gasteiger partial charge in [-0.25, -0.2) is 4.98 Å². The molecule has 2 heterocycles. The van der Waals surface area contributed by atoms with Gasteiger partial charge in [0.2, 0.25) is 0 Å². The van der Waals surface area contributed by atoms with Crippen molar-refractivity contribution < 1.29 is 39.5 Å². The third-order valence-electron chi connectivity index (χ3n) is 5.26. The van der Waals surface area contributed by atoms with E-state index in [1.165, 1.54) is 12.1 Å². The number of pyridine rings is 1. The summed E-state index contributed by atoms with van der Waals surface area (Å²) in [5.41, 5.74) is -0.427. The minimum atomic E-state index is -5.24. The Bertz CT molecular complexity index is 1070. The van der Waals surface area contributed by atoms with Crippen molar-refractivity contribution in [3.05, 3.63) is 62.9 Å². The van der Waals surface area contributed by atoms with E-state index in [0.717, 1.165) is 0 Å². The Balaban J connectivity index is 2.11. The predicted octanol–water partition coefficient (Wildman–Crippen LogP) is 6.12. The first-order valence-corrected chi connectivity index (χ1v) is 10.1. The summed E-state index contributed by atoms with van der Waals surface area (Å²) in [5, 5.41) is 0. The summed E-state index contributed by atoms with van der Waals surface area (Å²) in [7, 11) is 0. The molecule has 0 saturated heterocycles. The quantitative estimate of drug-likeness (QED) is 0.469. The van der Waals surface area contributed by atoms with Crippen LogP contribution in [0, 0.1) is 0 Å². The first kappa shape index (κ1) is 25.5. The molecule has 33 heavy (non-hydrogen) atoms. The molecule has 2 aromatic rings. The molecule has 2 N–H and O–H groups in total. The fourth-order valence-corrected chi connectivity index (χ4v) is 4.11. The maximum atomic E-state index is 14.3. The Hall–Kier alpha value is -2.15. The van der Waals surface area contributed by atoms with Crippen LogP contribution in [0.25, 0.3) is 0 Å². The molecule has 0 aliphatic carbocycles. The number of hydrogen-bond donors (Lipinski definition) is 1. The van der Waals surface area contributed by atoms with E-state index in [-0.39, 0.29) is 23.9 Å². The van der Waals surface area contributed by atoms with Crippen molar-refractivity contribution in [3.63, 3.8) is 0 Å². The maximum absolute atomic E-state index is 14.3. The second-order valence-corrected chi connectivity index (χ2v) is 8.41. The second-order valence-electron chi connectivity index (χ2n) is 7.55. The summed E-state index contributed by atoms with van der Waals surface area (Å²) in [4.78, 5) is 6.83. The Labute approximate surface area is 190 Å². The lowest BCUT2D eigenvalue weighted by Gasteiger charge is -2.32. The Morgan fingerprint density at radius 2 is 1.64 bits per heavy atom. The molecule has 1 atom stereocenters. The molecule has 1 aliphatic heterocycles. The third kappa shape index (κ3) is 5.34. The molecule has 0 spiro atoms. The number of alkyl halides is 9. The van der Waals surface area contributed by atoms with Gasteiger partial charge in [-0.05, 0) is 34.9 Å². The molecule has 0 fully saturated rings. The molecule has 13 heteroatoms. The number of aliphatic imine (C=N–C) groups is 1. The third-order valence-corrected chi connectivity index (χ3v) is 6.00. The van der Waals surface area contributed by atoms with Crippen LogP contribution >= 0.6 is 15.9 Å². The van der Waals surface area contributed by atoms with Crippen molar-refractivity contribution in [2.24, 2.45) is 10.7 Å². The topological polar surface area (TPSA) is 51.3 Å². The van der Waals surface area contributed by atoms with Gasteiger partial charge in [0.1, 0.15) is 11.1 Å². The number of hydrogen-bond acceptors (Lipinski definition) is 3. The van der Waals surface area contributed by atoms with Crippen LogP contribution in [-0.4, -0.2) is 29.6 Å². The molecule has 0 bridgehead atoms. The van der Waals surface area contributed by atoms with Crippen molar-refractivity contribution in [3.8, 4) is 0 Å². The first-order valence-electron chi connectivity index (χ1n) is 9.30. The van der Waals surface area contributed by atoms with Crippen LogP contribution in [0.2, 0.25) is 0 Å². The lowest BCUT2D eigenvalue weighted by molar-refractivity contribution is -0.184. The lowest BCUT2D eigenvalue weighted by atomic mass is 9.76. The van der Waals surface area contributed by atoms with Crippen molar-refractivity contribution in [1.29, 1.82) is 0 Å². The molecular weight excluding hydrogens is 533 g/mol. The van der Waals surface area contributed by atoms with Crippen LogP contribution in [0.15, 0.2) is 39.8 Å². The summed E-state index contributed by atoms with van der Waals surface area (Å²) >= 11 is 3.24. The smallest absolute Gasteiger partial charge is 0.326 e. The van der Waals surface area contributed by atoms with E-state index in [1.807, 2.05) is 0 Å². The molecule has 1 aromatic carbocycles. The van der Waals surface area contributed by atoms with Crippen LogP contribution in [0.3, 0.4) is 0 Å². The molecular formula is C20H15BrF9N3. The predicted molar refractivity (Wildman–Crippen MR) is 105 cm³/mol. The van der Waals surface area contributed by atoms with Crippen molar-refractivity contribution >= 4 is 21.6 Å². The molecule has 1 unspecified atom stereocenters. The zero-order valence-electron chi connectivity index (χ0n) is 16.5. The number of nitrogens with zero attached hydrogens (tertiary/aromatic N) is 2. The van der Waals surface area contributed by atoms with Gasteiger partial charge in [0, 0.05) is 23.1 Å². The lowest BCUT2D eigenvalue weighted by Crippen LogP contribution is -2.44. The SMILES string of the molecule is NCc1ccc(C2=NCC(c3cc(CC(F)(F)F)nc(C(F)(F)F)c3)(C(F)(F)F)C2)cc1Br. The largest absolute Gasteiger partial charge is 0.433 e. The fourth-order valence-electron chi connectivity index (χ4n) is 3.57. The zero-order valence-corrected chi connectivity index (χ0v) is 18.1. The number of benzene rings is 1. The van der Waals surface area contributed by atoms with Crippen LogP contribution in [0.5, 0.6) is 0 Å². The summed E-state index contributed by atoms with van der Waals surface area (Å²) in [6.45, 7) is -0.825. The van der Waals surface area contributed by atoms with E-state index in [1.54, 1.807) is 6.07 Å². The minimum absolute atomic E-state index is 0.0423. The van der Waals surface area contributed by atoms with Gasteiger partial charge in [-0.1, -0.05) is 28.1 Å². The Morgan fingerprint density at radius 3 is 2.15 bits per heavy atom. The van der Waals surface area contributed by atoms with E-state index in [0.29, 0.717) is 16.1 Å². The van der Waals surface area contributed by atoms with Gasteiger partial charge in [-0.2, -0.15) is 39.5 Å². The monoisotopic (exact) mass is 547 g/mol. The number of halogens is 10. The Morgan fingerprint density at radius 1 is 0.970 bits per heavy atom. The molecule has 1 aliphatic rings. The molecule has 0 amide bonds. The van der Waals surface area contributed by atoms with Gasteiger partial charge in [-0.3, -0.25) is 4.99 Å². The van der Waals surface area contributed by atoms with Gasteiger partial charge >= 0.3 is 18.5 Å². The summed E-state index contributed by atoms with van der Waals surface area (Å²) in [6, 6.07) is 5.10. The van der Waals surface area contributed by atoms with Crippen molar-refractivity contribution in [2.75, 3.05) is 6.54 Å². The molecule has 3 nitrogen and oxygen atoms in total. The number of aromatic nitrogens is 1. The van der Waals surface area contributed by atoms with Gasteiger partial charge in [0.15, 0.2) is 0 Å². The number of rotatable bonds is 4. The molecule has 0 radical (unpaired) electrons. The highest BCUT2D eigenvalue weighted by Crippen LogP contribution is 2.49. The van der Waals surface area contributed by atoms with Gasteiger partial charge in [0.05, 0.1) is 18.7 Å². The van der Waals surface area contributed by atoms with Crippen LogP contribution in [0.1, 0.15) is 34.5 Å². The van der Waals surface area contributed by atoms with E-state index in [9.17, 15) is 39.5 Å². The summed E-state index contributed by atoms with van der Waals surface area (Å²) < 4.78 is 122. The average Bonchev–Trinajstić information content (AvgIpc) is 3.12. The van der Waals surface area contributed by atoms with E-state index in [4.69, 9.17) is 5.73 Å². The first-order chi connectivity index (χ1) is 15.1. The molecule has 180 valence electrons. The highest BCUT2D eigenvalue weighted by atomic mass is 79.9. The fraction of sp³-hybridized carbons (Fsp3) is 0.400. The van der Waals surface area contributed by atoms with E-state index >= 15 is 0 Å². The summed E-state index contributed by atoms with van der Waals surface area (Å²) in [5.74, 6) is 0. The molecule has 3 rings (SSSR count). The van der Waals surface area contributed by atoms with Crippen molar-refractivity contribution in [1.82, 2.24) is 4.98 Å². The highest BCUT2D eigenvalue weighted by Gasteiger charge is 2.59. The Kier molecular flexibility index (Phi) is 6.61. The zero-order chi connectivity index (χ0) is 24.8. The van der Waals surface area contributed by atoms with Gasteiger partial charge in [0.25, 0.3) is 0 Å². The van der Waals surface area contributed by atoms with Crippen LogP contribution < -0.4 is 5.73 Å². The molecule has 0 saturated carbocycles. The highest BCUT2D eigenvalue weighted by molar-refractivity contribution is 9.10. The minimum Gasteiger partial charge on any atom is -0.326 e. The average molecular weight is 548 g/mol. The normalized spacial score (nSPS) is 19.7. The van der Waals surface area contributed by atoms with Crippen molar-refractivity contribution in [2.45, 2.75) is 43.3 Å². The standard InChI is InChI=1S/C20H15BrF9N3/c21-14-3-10(1-2-11(14)8-31)15-7-17(9-32-15,20(28,29)30)12-4-13(6-18(22,23)24)33-16(5-12)19(25,26)27/h1-5H,6-9,31H2. The number of nitrogens with two attached hydrogens (primary N) is 1. The van der Waals surface area contributed by atoms with Gasteiger partial charge in [-0.15, -0.1) is 0 Å². The second kappa shape index (κ2) is 8.57.